The molecule has 0 saturated heterocycles. The van der Waals surface area contributed by atoms with E-state index in [4.69, 9.17) is 5.73 Å². The topological polar surface area (TPSA) is 146 Å². The summed E-state index contributed by atoms with van der Waals surface area (Å²) in [4.78, 5) is 22.7. The van der Waals surface area contributed by atoms with Gasteiger partial charge in [0.2, 0.25) is 5.95 Å². The van der Waals surface area contributed by atoms with Gasteiger partial charge in [0.25, 0.3) is 0 Å². The van der Waals surface area contributed by atoms with Crippen LogP contribution in [-0.2, 0) is 20.2 Å². The SMILES string of the molecule is Nc1nc(Sc2ccc(O)cc2)c2ncn(CCCOP(=O)(O)OCC(F)(F)F)c2n1. The first-order valence-corrected chi connectivity index (χ1v) is 11.0. The molecule has 31 heavy (non-hydrogen) atoms. The van der Waals surface area contributed by atoms with Gasteiger partial charge in [0, 0.05) is 11.4 Å². The van der Waals surface area contributed by atoms with Crippen LogP contribution in [0.4, 0.5) is 19.1 Å². The largest absolute Gasteiger partial charge is 0.508 e. The predicted octanol–water partition coefficient (Wildman–Crippen LogP) is 3.35. The molecule has 1 aromatic carbocycles. The zero-order valence-corrected chi connectivity index (χ0v) is 17.4. The zero-order chi connectivity index (χ0) is 22.6. The summed E-state index contributed by atoms with van der Waals surface area (Å²) in [6.45, 7) is -1.98. The Morgan fingerprint density at radius 2 is 1.90 bits per heavy atom. The number of benzene rings is 1. The number of nitrogens with two attached hydrogens (primary N) is 1. The molecule has 1 unspecified atom stereocenters. The first-order valence-electron chi connectivity index (χ1n) is 8.66. The number of aromatic nitrogens is 4. The van der Waals surface area contributed by atoms with Crippen LogP contribution in [0.25, 0.3) is 11.2 Å². The highest BCUT2D eigenvalue weighted by atomic mass is 32.2. The maximum atomic E-state index is 12.1. The summed E-state index contributed by atoms with van der Waals surface area (Å²) < 4.78 is 57.7. The third-order valence-electron chi connectivity index (χ3n) is 3.69. The predicted molar refractivity (Wildman–Crippen MR) is 104 cm³/mol. The van der Waals surface area contributed by atoms with Crippen molar-refractivity contribution in [2.24, 2.45) is 0 Å². The molecular weight excluding hydrogens is 462 g/mol. The van der Waals surface area contributed by atoms with Gasteiger partial charge < -0.3 is 20.3 Å². The Labute approximate surface area is 177 Å². The maximum absolute atomic E-state index is 12.1. The average Bonchev–Trinajstić information content (AvgIpc) is 3.08. The van der Waals surface area contributed by atoms with Gasteiger partial charge in [0.1, 0.15) is 16.3 Å². The van der Waals surface area contributed by atoms with Crippen molar-refractivity contribution in [2.75, 3.05) is 18.9 Å². The van der Waals surface area contributed by atoms with Crippen LogP contribution < -0.4 is 5.73 Å². The van der Waals surface area contributed by atoms with Gasteiger partial charge in [0.15, 0.2) is 12.3 Å². The maximum Gasteiger partial charge on any atom is 0.472 e. The van der Waals surface area contributed by atoms with E-state index in [1.54, 1.807) is 16.7 Å². The van der Waals surface area contributed by atoms with Crippen molar-refractivity contribution in [2.45, 2.75) is 29.1 Å². The van der Waals surface area contributed by atoms with Crippen molar-refractivity contribution in [3.05, 3.63) is 30.6 Å². The lowest BCUT2D eigenvalue weighted by molar-refractivity contribution is -0.157. The van der Waals surface area contributed by atoms with Crippen molar-refractivity contribution in [1.29, 1.82) is 0 Å². The summed E-state index contributed by atoms with van der Waals surface area (Å²) in [6, 6.07) is 6.46. The number of hydrogen-bond acceptors (Lipinski definition) is 9. The number of anilines is 1. The van der Waals surface area contributed by atoms with Gasteiger partial charge in [0.05, 0.1) is 12.9 Å². The van der Waals surface area contributed by atoms with E-state index in [1.165, 1.54) is 30.2 Å². The molecular formula is C16H17F3N5O5PS. The summed E-state index contributed by atoms with van der Waals surface area (Å²) in [5, 5.41) is 9.88. The number of fused-ring (bicyclic) bond motifs is 1. The van der Waals surface area contributed by atoms with Gasteiger partial charge in [-0.2, -0.15) is 18.2 Å². The molecule has 2 heterocycles. The highest BCUT2D eigenvalue weighted by molar-refractivity contribution is 7.99. The fourth-order valence-electron chi connectivity index (χ4n) is 2.40. The van der Waals surface area contributed by atoms with Crippen molar-refractivity contribution >= 4 is 36.7 Å². The zero-order valence-electron chi connectivity index (χ0n) is 15.7. The van der Waals surface area contributed by atoms with E-state index in [9.17, 15) is 27.7 Å². The van der Waals surface area contributed by atoms with Crippen LogP contribution in [-0.4, -0.2) is 48.9 Å². The molecule has 0 spiro atoms. The highest BCUT2D eigenvalue weighted by Crippen LogP contribution is 2.44. The van der Waals surface area contributed by atoms with Gasteiger partial charge >= 0.3 is 14.0 Å². The summed E-state index contributed by atoms with van der Waals surface area (Å²) in [5.74, 6) is 0.131. The van der Waals surface area contributed by atoms with Gasteiger partial charge in [-0.05, 0) is 30.7 Å². The minimum atomic E-state index is -4.81. The molecule has 0 aliphatic rings. The number of halogens is 3. The molecule has 0 aliphatic heterocycles. The summed E-state index contributed by atoms with van der Waals surface area (Å²) in [6.07, 6.45) is -3.11. The van der Waals surface area contributed by atoms with Crippen LogP contribution in [0, 0.1) is 0 Å². The number of rotatable bonds is 9. The van der Waals surface area contributed by atoms with Crippen LogP contribution in [0.1, 0.15) is 6.42 Å². The summed E-state index contributed by atoms with van der Waals surface area (Å²) >= 11 is 1.27. The monoisotopic (exact) mass is 479 g/mol. The van der Waals surface area contributed by atoms with E-state index in [1.807, 2.05) is 0 Å². The van der Waals surface area contributed by atoms with Gasteiger partial charge in [-0.15, -0.1) is 0 Å². The number of phenolic OH excluding ortho intramolecular Hbond substituents is 1. The minimum absolute atomic E-state index is 0.00666. The number of aromatic hydroxyl groups is 1. The number of alkyl halides is 3. The number of hydrogen-bond donors (Lipinski definition) is 3. The van der Waals surface area contributed by atoms with Crippen LogP contribution >= 0.6 is 19.6 Å². The van der Waals surface area contributed by atoms with E-state index in [0.717, 1.165) is 4.90 Å². The molecule has 3 aromatic rings. The summed E-state index contributed by atoms with van der Waals surface area (Å²) in [7, 11) is -4.81. The smallest absolute Gasteiger partial charge is 0.472 e. The van der Waals surface area contributed by atoms with Crippen LogP contribution in [0.15, 0.2) is 40.5 Å². The van der Waals surface area contributed by atoms with Crippen molar-refractivity contribution < 1.29 is 36.8 Å². The van der Waals surface area contributed by atoms with Gasteiger partial charge in [-0.1, -0.05) is 11.8 Å². The molecule has 0 bridgehead atoms. The molecule has 3 rings (SSSR count). The first kappa shape index (κ1) is 23.3. The Morgan fingerprint density at radius 1 is 1.19 bits per heavy atom. The Kier molecular flexibility index (Phi) is 7.06. The number of phosphoric acid groups is 1. The Bertz CT molecular complexity index is 1100. The fourth-order valence-corrected chi connectivity index (χ4v) is 4.02. The summed E-state index contributed by atoms with van der Waals surface area (Å²) in [5.41, 5.74) is 6.67. The normalized spacial score (nSPS) is 14.1. The van der Waals surface area contributed by atoms with Crippen molar-refractivity contribution in [1.82, 2.24) is 19.5 Å². The quantitative estimate of drug-likeness (QED) is 0.237. The fraction of sp³-hybridized carbons (Fsp3) is 0.312. The van der Waals surface area contributed by atoms with E-state index in [-0.39, 0.29) is 31.3 Å². The lowest BCUT2D eigenvalue weighted by Crippen LogP contribution is -2.16. The molecule has 168 valence electrons. The lowest BCUT2D eigenvalue weighted by Gasteiger charge is -2.13. The molecule has 0 saturated carbocycles. The Balaban J connectivity index is 1.64. The lowest BCUT2D eigenvalue weighted by atomic mass is 10.3. The molecule has 0 amide bonds. The third kappa shape index (κ3) is 6.80. The molecule has 10 nitrogen and oxygen atoms in total. The van der Waals surface area contributed by atoms with E-state index in [2.05, 4.69) is 24.0 Å². The van der Waals surface area contributed by atoms with E-state index >= 15 is 0 Å². The van der Waals surface area contributed by atoms with Crippen molar-refractivity contribution in [3.8, 4) is 5.75 Å². The second kappa shape index (κ2) is 9.40. The second-order valence-electron chi connectivity index (χ2n) is 6.14. The number of nitrogen functional groups attached to an aromatic ring is 1. The number of phosphoric ester groups is 1. The first-order chi connectivity index (χ1) is 14.5. The molecule has 15 heteroatoms. The Morgan fingerprint density at radius 3 is 2.58 bits per heavy atom. The van der Waals surface area contributed by atoms with Crippen LogP contribution in [0.3, 0.4) is 0 Å². The second-order valence-corrected chi connectivity index (χ2v) is 8.65. The molecule has 0 fully saturated rings. The number of aryl methyl sites for hydroxylation is 1. The number of imidazole rings is 1. The average molecular weight is 479 g/mol. The van der Waals surface area contributed by atoms with Crippen LogP contribution in [0.2, 0.25) is 0 Å². The Hall–Kier alpha value is -2.38. The third-order valence-corrected chi connectivity index (χ3v) is 5.64. The number of nitrogens with zero attached hydrogens (tertiary/aromatic N) is 4. The molecule has 0 radical (unpaired) electrons. The van der Waals surface area contributed by atoms with Gasteiger partial charge in [-0.3, -0.25) is 9.05 Å². The molecule has 1 atom stereocenters. The standard InChI is InChI=1S/C16H17F3N5O5PS/c17-16(18,19)8-29-30(26,27)28-7-1-6-24-9-21-12-13(24)22-15(20)23-14(12)31-11-4-2-10(25)3-5-11/h2-5,9,25H,1,6-8H2,(H,26,27)(H2,20,22,23). The van der Waals surface area contributed by atoms with E-state index in [0.29, 0.717) is 16.2 Å². The van der Waals surface area contributed by atoms with Gasteiger partial charge in [-0.25, -0.2) is 14.5 Å². The molecule has 4 N–H and O–H groups in total. The molecule has 0 aliphatic carbocycles. The molecule has 2 aromatic heterocycles. The highest BCUT2D eigenvalue weighted by Gasteiger charge is 2.33. The van der Waals surface area contributed by atoms with Crippen LogP contribution in [0.5, 0.6) is 5.75 Å². The minimum Gasteiger partial charge on any atom is -0.508 e. The number of phenols is 1. The van der Waals surface area contributed by atoms with Crippen molar-refractivity contribution in [3.63, 3.8) is 0 Å². The van der Waals surface area contributed by atoms with E-state index < -0.39 is 20.6 Å².